The van der Waals surface area contributed by atoms with Gasteiger partial charge in [0.25, 0.3) is 0 Å². The SMILES string of the molecule is C[C@@H]1C[C@H]2[C@@H]3CCC4=CC(=O)C=C[C@]4(C)[C@H]3CC[C@]2(C)[C@@]1(OC(=O)C1CCOCC1O)C(=O)O. The number of carbonyl (C=O) groups excluding carboxylic acids is 2. The van der Waals surface area contributed by atoms with E-state index < -0.39 is 35.0 Å². The molecule has 4 fully saturated rings. The van der Waals surface area contributed by atoms with Crippen LogP contribution in [0, 0.1) is 40.4 Å². The number of carboxylic acids is 1. The van der Waals surface area contributed by atoms with Gasteiger partial charge in [-0.3, -0.25) is 9.59 Å². The molecule has 0 aromatic heterocycles. The molecule has 186 valence electrons. The quantitative estimate of drug-likeness (QED) is 0.607. The number of carboxylic acid groups (broad SMARTS) is 1. The second-order valence-corrected chi connectivity index (χ2v) is 11.7. The van der Waals surface area contributed by atoms with Crippen LogP contribution in [-0.2, 0) is 23.9 Å². The molecule has 5 rings (SSSR count). The van der Waals surface area contributed by atoms with Crippen molar-refractivity contribution in [2.75, 3.05) is 13.2 Å². The van der Waals surface area contributed by atoms with Crippen molar-refractivity contribution in [1.82, 2.24) is 0 Å². The average Bonchev–Trinajstić information content (AvgIpc) is 3.02. The molecule has 7 heteroatoms. The predicted molar refractivity (Wildman–Crippen MR) is 123 cm³/mol. The van der Waals surface area contributed by atoms with Gasteiger partial charge in [0, 0.05) is 23.4 Å². The second-order valence-electron chi connectivity index (χ2n) is 11.7. The molecule has 0 bridgehead atoms. The smallest absolute Gasteiger partial charge is 0.349 e. The molecule has 5 aliphatic rings. The van der Waals surface area contributed by atoms with E-state index in [1.807, 2.05) is 13.8 Å². The summed E-state index contributed by atoms with van der Waals surface area (Å²) in [6.07, 6.45) is 8.80. The van der Waals surface area contributed by atoms with E-state index in [9.17, 15) is 24.6 Å². The van der Waals surface area contributed by atoms with E-state index in [1.165, 1.54) is 5.57 Å². The Morgan fingerprint density at radius 2 is 1.94 bits per heavy atom. The number of aliphatic hydroxyl groups is 1. The van der Waals surface area contributed by atoms with Gasteiger partial charge in [0.1, 0.15) is 0 Å². The summed E-state index contributed by atoms with van der Waals surface area (Å²) in [6, 6.07) is 0. The molecule has 0 radical (unpaired) electrons. The lowest BCUT2D eigenvalue weighted by Gasteiger charge is -2.58. The van der Waals surface area contributed by atoms with Crippen molar-refractivity contribution in [1.29, 1.82) is 0 Å². The topological polar surface area (TPSA) is 110 Å². The minimum absolute atomic E-state index is 0.0492. The molecule has 1 aliphatic heterocycles. The van der Waals surface area contributed by atoms with Crippen LogP contribution < -0.4 is 0 Å². The highest BCUT2D eigenvalue weighted by Gasteiger charge is 2.72. The van der Waals surface area contributed by atoms with Crippen molar-refractivity contribution in [3.63, 3.8) is 0 Å². The van der Waals surface area contributed by atoms with E-state index in [2.05, 4.69) is 13.0 Å². The van der Waals surface area contributed by atoms with Gasteiger partial charge >= 0.3 is 11.9 Å². The Hall–Kier alpha value is -1.99. The van der Waals surface area contributed by atoms with E-state index >= 15 is 0 Å². The van der Waals surface area contributed by atoms with Gasteiger partial charge in [-0.05, 0) is 68.4 Å². The summed E-state index contributed by atoms with van der Waals surface area (Å²) in [7, 11) is 0. The molecular formula is C27H36O7. The Bertz CT molecular complexity index is 968. The predicted octanol–water partition coefficient (Wildman–Crippen LogP) is 3.30. The van der Waals surface area contributed by atoms with Gasteiger partial charge in [-0.25, -0.2) is 4.79 Å². The fourth-order valence-corrected chi connectivity index (χ4v) is 8.47. The number of allylic oxidation sites excluding steroid dienone is 4. The highest BCUT2D eigenvalue weighted by Crippen LogP contribution is 2.69. The van der Waals surface area contributed by atoms with Crippen molar-refractivity contribution in [2.24, 2.45) is 40.4 Å². The van der Waals surface area contributed by atoms with Gasteiger partial charge < -0.3 is 19.7 Å². The van der Waals surface area contributed by atoms with Gasteiger partial charge in [0.2, 0.25) is 5.60 Å². The Kier molecular flexibility index (Phi) is 5.60. The Morgan fingerprint density at radius 1 is 1.18 bits per heavy atom. The zero-order chi connectivity index (χ0) is 24.5. The minimum atomic E-state index is -1.62. The van der Waals surface area contributed by atoms with Gasteiger partial charge in [-0.15, -0.1) is 0 Å². The van der Waals surface area contributed by atoms with Crippen LogP contribution >= 0.6 is 0 Å². The van der Waals surface area contributed by atoms with Crippen LogP contribution in [0.15, 0.2) is 23.8 Å². The van der Waals surface area contributed by atoms with Crippen molar-refractivity contribution >= 4 is 17.7 Å². The molecule has 2 N–H and O–H groups in total. The summed E-state index contributed by atoms with van der Waals surface area (Å²) in [6.45, 7) is 6.53. The molecule has 0 amide bonds. The minimum Gasteiger partial charge on any atom is -0.478 e. The number of hydrogen-bond acceptors (Lipinski definition) is 6. The Balaban J connectivity index is 1.48. The van der Waals surface area contributed by atoms with Gasteiger partial charge in [0.05, 0.1) is 18.6 Å². The molecule has 4 aliphatic carbocycles. The third-order valence-corrected chi connectivity index (χ3v) is 10.3. The first-order valence-corrected chi connectivity index (χ1v) is 12.7. The summed E-state index contributed by atoms with van der Waals surface area (Å²) in [5.41, 5.74) is -1.30. The number of rotatable bonds is 3. The number of ether oxygens (including phenoxy) is 2. The summed E-state index contributed by atoms with van der Waals surface area (Å²) in [5, 5.41) is 20.9. The van der Waals surface area contributed by atoms with Crippen LogP contribution in [0.25, 0.3) is 0 Å². The summed E-state index contributed by atoms with van der Waals surface area (Å²) in [5.74, 6) is -2.01. The molecule has 1 saturated heterocycles. The lowest BCUT2D eigenvalue weighted by molar-refractivity contribution is -0.214. The molecule has 9 atom stereocenters. The molecule has 0 aromatic carbocycles. The highest BCUT2D eigenvalue weighted by atomic mass is 16.6. The largest absolute Gasteiger partial charge is 0.478 e. The average molecular weight is 473 g/mol. The first kappa shape index (κ1) is 23.7. The molecular weight excluding hydrogens is 436 g/mol. The molecule has 7 nitrogen and oxygen atoms in total. The maximum Gasteiger partial charge on any atom is 0.349 e. The fourth-order valence-electron chi connectivity index (χ4n) is 8.47. The van der Waals surface area contributed by atoms with E-state index in [0.717, 1.165) is 19.3 Å². The molecule has 1 heterocycles. The summed E-state index contributed by atoms with van der Waals surface area (Å²) < 4.78 is 11.3. The number of fused-ring (bicyclic) bond motifs is 5. The van der Waals surface area contributed by atoms with Crippen molar-refractivity contribution in [3.05, 3.63) is 23.8 Å². The zero-order valence-corrected chi connectivity index (χ0v) is 20.3. The number of esters is 1. The van der Waals surface area contributed by atoms with E-state index in [0.29, 0.717) is 37.7 Å². The first-order valence-electron chi connectivity index (χ1n) is 12.7. The molecule has 0 spiro atoms. The standard InChI is InChI=1S/C27H36O7/c1-15-12-21-18-5-4-16-13-17(28)6-9-25(16,2)20(18)7-10-26(21,3)27(15,24(31)32)34-23(30)19-8-11-33-14-22(19)29/h6,9,13,15,18-22,29H,4-5,7-8,10-12,14H2,1-3H3,(H,31,32)/t15-,18-,19?,20+,21+,22?,25+,26+,27+/m1/s1. The van der Waals surface area contributed by atoms with Crippen molar-refractivity contribution in [3.8, 4) is 0 Å². The summed E-state index contributed by atoms with van der Waals surface area (Å²) >= 11 is 0. The van der Waals surface area contributed by atoms with Crippen LogP contribution in [0.5, 0.6) is 0 Å². The Morgan fingerprint density at radius 3 is 2.65 bits per heavy atom. The molecule has 0 aromatic rings. The maximum absolute atomic E-state index is 13.2. The maximum atomic E-state index is 13.2. The molecule has 3 saturated carbocycles. The first-order chi connectivity index (χ1) is 16.0. The van der Waals surface area contributed by atoms with Crippen molar-refractivity contribution < 1.29 is 34.1 Å². The van der Waals surface area contributed by atoms with Crippen LogP contribution in [0.3, 0.4) is 0 Å². The fraction of sp³-hybridized carbons (Fsp3) is 0.741. The second kappa shape index (κ2) is 8.02. The third-order valence-electron chi connectivity index (χ3n) is 10.3. The van der Waals surface area contributed by atoms with Crippen LogP contribution in [0.1, 0.15) is 59.3 Å². The van der Waals surface area contributed by atoms with Crippen LogP contribution in [0.2, 0.25) is 0 Å². The monoisotopic (exact) mass is 472 g/mol. The number of ketones is 1. The summed E-state index contributed by atoms with van der Waals surface area (Å²) in [4.78, 5) is 38.2. The van der Waals surface area contributed by atoms with E-state index in [1.54, 1.807) is 12.2 Å². The van der Waals surface area contributed by atoms with E-state index in [-0.39, 0.29) is 29.6 Å². The Labute approximate surface area is 200 Å². The number of aliphatic hydroxyl groups excluding tert-OH is 1. The molecule has 2 unspecified atom stereocenters. The number of carbonyl (C=O) groups is 3. The lowest BCUT2D eigenvalue weighted by Crippen LogP contribution is -2.61. The number of hydrogen-bond donors (Lipinski definition) is 2. The van der Waals surface area contributed by atoms with Gasteiger partial charge in [0.15, 0.2) is 5.78 Å². The van der Waals surface area contributed by atoms with E-state index in [4.69, 9.17) is 9.47 Å². The van der Waals surface area contributed by atoms with Gasteiger partial charge in [-0.2, -0.15) is 0 Å². The van der Waals surface area contributed by atoms with Crippen LogP contribution in [-0.4, -0.2) is 52.9 Å². The highest BCUT2D eigenvalue weighted by molar-refractivity contribution is 6.01. The normalized spacial score (nSPS) is 47.8. The van der Waals surface area contributed by atoms with Crippen LogP contribution in [0.4, 0.5) is 0 Å². The molecule has 34 heavy (non-hydrogen) atoms. The van der Waals surface area contributed by atoms with Gasteiger partial charge in [-0.1, -0.05) is 32.4 Å². The lowest BCUT2D eigenvalue weighted by atomic mass is 9.47. The van der Waals surface area contributed by atoms with Crippen molar-refractivity contribution in [2.45, 2.75) is 71.0 Å². The third kappa shape index (κ3) is 3.12. The number of aliphatic carboxylic acids is 1. The zero-order valence-electron chi connectivity index (χ0n) is 20.3.